The molecule has 0 radical (unpaired) electrons. The highest BCUT2D eigenvalue weighted by molar-refractivity contribution is 6.10. The van der Waals surface area contributed by atoms with Gasteiger partial charge >= 0.3 is 0 Å². The van der Waals surface area contributed by atoms with Crippen LogP contribution in [-0.2, 0) is 0 Å². The van der Waals surface area contributed by atoms with E-state index in [-0.39, 0.29) is 0 Å². The molecule has 0 unspecified atom stereocenters. The highest BCUT2D eigenvalue weighted by Gasteiger charge is 2.18. The fourth-order valence-corrected chi connectivity index (χ4v) is 5.66. The molecule has 0 aliphatic heterocycles. The van der Waals surface area contributed by atoms with Crippen molar-refractivity contribution in [1.82, 2.24) is 9.55 Å². The Morgan fingerprint density at radius 1 is 0.526 bits per heavy atom. The summed E-state index contributed by atoms with van der Waals surface area (Å²) >= 11 is 0. The van der Waals surface area contributed by atoms with E-state index in [2.05, 4.69) is 114 Å². The van der Waals surface area contributed by atoms with Crippen molar-refractivity contribution in [3.8, 4) is 28.1 Å². The third kappa shape index (κ3) is 3.12. The zero-order chi connectivity index (χ0) is 25.1. The first kappa shape index (κ1) is 21.0. The van der Waals surface area contributed by atoms with Gasteiger partial charge in [-0.15, -0.1) is 0 Å². The number of hydrogen-bond donors (Lipinski definition) is 0. The zero-order valence-corrected chi connectivity index (χ0v) is 20.5. The van der Waals surface area contributed by atoms with Crippen LogP contribution in [0, 0.1) is 0 Å². The molecule has 3 aromatic heterocycles. The van der Waals surface area contributed by atoms with Crippen molar-refractivity contribution in [2.75, 3.05) is 0 Å². The fraction of sp³-hybridized carbons (Fsp3) is 0. The van der Waals surface area contributed by atoms with E-state index in [4.69, 9.17) is 9.40 Å². The Kier molecular flexibility index (Phi) is 4.52. The van der Waals surface area contributed by atoms with Crippen LogP contribution in [0.4, 0.5) is 0 Å². The summed E-state index contributed by atoms with van der Waals surface area (Å²) in [5.41, 5.74) is 10.2. The number of hydrogen-bond acceptors (Lipinski definition) is 2. The summed E-state index contributed by atoms with van der Waals surface area (Å²) in [6, 6.07) is 46.6. The van der Waals surface area contributed by atoms with Crippen molar-refractivity contribution >= 4 is 43.9 Å². The molecule has 0 saturated carbocycles. The van der Waals surface area contributed by atoms with Gasteiger partial charge in [-0.2, -0.15) is 0 Å². The quantitative estimate of drug-likeness (QED) is 0.249. The van der Waals surface area contributed by atoms with Crippen molar-refractivity contribution in [3.05, 3.63) is 133 Å². The SMILES string of the molecule is c1ccc(-c2cc(-c3cccc(-n4c5ccccc5c5ccccc54)c3)c3oc4ccccc4c3n2)cc1. The van der Waals surface area contributed by atoms with Crippen LogP contribution < -0.4 is 0 Å². The van der Waals surface area contributed by atoms with Crippen molar-refractivity contribution in [2.24, 2.45) is 0 Å². The number of nitrogens with zero attached hydrogens (tertiary/aromatic N) is 2. The number of pyridine rings is 1. The van der Waals surface area contributed by atoms with Crippen LogP contribution in [0.15, 0.2) is 138 Å². The van der Waals surface area contributed by atoms with Gasteiger partial charge in [0.25, 0.3) is 0 Å². The Balaban J connectivity index is 1.42. The van der Waals surface area contributed by atoms with Crippen LogP contribution in [-0.4, -0.2) is 9.55 Å². The Labute approximate surface area is 219 Å². The van der Waals surface area contributed by atoms with E-state index in [0.29, 0.717) is 0 Å². The van der Waals surface area contributed by atoms with Crippen LogP contribution in [0.25, 0.3) is 71.9 Å². The second-order valence-electron chi connectivity index (χ2n) is 9.62. The number of aromatic nitrogens is 2. The zero-order valence-electron chi connectivity index (χ0n) is 20.5. The van der Waals surface area contributed by atoms with E-state index in [1.165, 1.54) is 21.8 Å². The van der Waals surface area contributed by atoms with Crippen molar-refractivity contribution in [3.63, 3.8) is 0 Å². The summed E-state index contributed by atoms with van der Waals surface area (Å²) < 4.78 is 8.78. The lowest BCUT2D eigenvalue weighted by Gasteiger charge is -2.11. The highest BCUT2D eigenvalue weighted by Crippen LogP contribution is 2.39. The minimum absolute atomic E-state index is 0.810. The van der Waals surface area contributed by atoms with E-state index >= 15 is 0 Å². The first-order valence-electron chi connectivity index (χ1n) is 12.8. The molecule has 0 aliphatic rings. The Morgan fingerprint density at radius 2 is 1.16 bits per heavy atom. The van der Waals surface area contributed by atoms with Crippen LogP contribution in [0.1, 0.15) is 0 Å². The second kappa shape index (κ2) is 8.19. The standard InChI is InChI=1S/C35H22N2O/c1-2-11-23(12-3-1)30-22-29(35-34(36-30)28-17-6-9-20-33(28)38-35)24-13-10-14-25(21-24)37-31-18-7-4-15-26(31)27-16-5-8-19-32(27)37/h1-22H. The molecule has 3 heteroatoms. The molecular weight excluding hydrogens is 464 g/mol. The molecule has 0 aliphatic carbocycles. The van der Waals surface area contributed by atoms with Gasteiger partial charge in [-0.3, -0.25) is 0 Å². The minimum atomic E-state index is 0.810. The predicted octanol–water partition coefficient (Wildman–Crippen LogP) is 9.41. The first-order valence-corrected chi connectivity index (χ1v) is 12.8. The van der Waals surface area contributed by atoms with Crippen LogP contribution in [0.3, 0.4) is 0 Å². The number of para-hydroxylation sites is 3. The normalized spacial score (nSPS) is 11.7. The lowest BCUT2D eigenvalue weighted by Crippen LogP contribution is -1.94. The topological polar surface area (TPSA) is 31.0 Å². The van der Waals surface area contributed by atoms with Gasteiger partial charge in [-0.05, 0) is 48.0 Å². The molecule has 3 nitrogen and oxygen atoms in total. The maximum Gasteiger partial charge on any atom is 0.161 e. The Bertz CT molecular complexity index is 2080. The fourth-order valence-electron chi connectivity index (χ4n) is 5.66. The Morgan fingerprint density at radius 3 is 1.92 bits per heavy atom. The van der Waals surface area contributed by atoms with E-state index < -0.39 is 0 Å². The van der Waals surface area contributed by atoms with Gasteiger partial charge in [0, 0.05) is 33.0 Å². The average molecular weight is 487 g/mol. The largest absolute Gasteiger partial charge is 0.454 e. The van der Waals surface area contributed by atoms with Gasteiger partial charge in [0.15, 0.2) is 5.58 Å². The average Bonchev–Trinajstić information content (AvgIpc) is 3.53. The summed E-state index contributed by atoms with van der Waals surface area (Å²) in [7, 11) is 0. The van der Waals surface area contributed by atoms with Crippen molar-refractivity contribution in [2.45, 2.75) is 0 Å². The maximum atomic E-state index is 6.43. The molecule has 0 atom stereocenters. The van der Waals surface area contributed by atoms with Crippen LogP contribution >= 0.6 is 0 Å². The molecule has 0 bridgehead atoms. The molecule has 0 spiro atoms. The molecule has 8 aromatic rings. The van der Waals surface area contributed by atoms with E-state index in [0.717, 1.165) is 50.1 Å². The molecule has 0 fully saturated rings. The van der Waals surface area contributed by atoms with Gasteiger partial charge < -0.3 is 8.98 Å². The van der Waals surface area contributed by atoms with Crippen molar-refractivity contribution in [1.29, 1.82) is 0 Å². The molecule has 8 rings (SSSR count). The van der Waals surface area contributed by atoms with Gasteiger partial charge in [-0.25, -0.2) is 4.98 Å². The Hall–Kier alpha value is -5.15. The third-order valence-corrected chi connectivity index (χ3v) is 7.39. The predicted molar refractivity (Wildman–Crippen MR) is 157 cm³/mol. The van der Waals surface area contributed by atoms with Gasteiger partial charge in [0.2, 0.25) is 0 Å². The summed E-state index contributed by atoms with van der Waals surface area (Å²) in [6.07, 6.45) is 0. The lowest BCUT2D eigenvalue weighted by atomic mass is 10.0. The third-order valence-electron chi connectivity index (χ3n) is 7.39. The number of rotatable bonds is 3. The molecule has 5 aromatic carbocycles. The van der Waals surface area contributed by atoms with Crippen molar-refractivity contribution < 1.29 is 4.42 Å². The molecule has 178 valence electrons. The lowest BCUT2D eigenvalue weighted by molar-refractivity contribution is 0.669. The number of furan rings is 1. The summed E-state index contributed by atoms with van der Waals surface area (Å²) in [5.74, 6) is 0. The number of benzene rings is 5. The van der Waals surface area contributed by atoms with Crippen LogP contribution in [0.2, 0.25) is 0 Å². The van der Waals surface area contributed by atoms with Gasteiger partial charge in [0.05, 0.1) is 16.7 Å². The highest BCUT2D eigenvalue weighted by atomic mass is 16.3. The monoisotopic (exact) mass is 486 g/mol. The smallest absolute Gasteiger partial charge is 0.161 e. The minimum Gasteiger partial charge on any atom is -0.454 e. The van der Waals surface area contributed by atoms with Gasteiger partial charge in [-0.1, -0.05) is 91.0 Å². The second-order valence-corrected chi connectivity index (χ2v) is 9.62. The van der Waals surface area contributed by atoms with Crippen LogP contribution in [0.5, 0.6) is 0 Å². The molecule has 38 heavy (non-hydrogen) atoms. The van der Waals surface area contributed by atoms with Gasteiger partial charge in [0.1, 0.15) is 11.1 Å². The molecule has 0 amide bonds. The summed E-state index contributed by atoms with van der Waals surface area (Å²) in [5, 5.41) is 3.53. The van der Waals surface area contributed by atoms with E-state index in [1.54, 1.807) is 0 Å². The molecule has 0 saturated heterocycles. The molecular formula is C35H22N2O. The molecule has 0 N–H and O–H groups in total. The first-order chi connectivity index (χ1) is 18.8. The summed E-state index contributed by atoms with van der Waals surface area (Å²) in [4.78, 5) is 5.07. The van der Waals surface area contributed by atoms with E-state index in [1.807, 2.05) is 24.3 Å². The summed E-state index contributed by atoms with van der Waals surface area (Å²) in [6.45, 7) is 0. The van der Waals surface area contributed by atoms with E-state index in [9.17, 15) is 0 Å². The molecule has 3 heterocycles. The number of fused-ring (bicyclic) bond motifs is 6. The maximum absolute atomic E-state index is 6.43.